The highest BCUT2D eigenvalue weighted by Crippen LogP contribution is 2.27. The summed E-state index contributed by atoms with van der Waals surface area (Å²) in [6.45, 7) is 1.38. The predicted octanol–water partition coefficient (Wildman–Crippen LogP) is 3.40. The van der Waals surface area contributed by atoms with Crippen LogP contribution in [0.1, 0.15) is 23.2 Å². The van der Waals surface area contributed by atoms with Crippen LogP contribution in [0.15, 0.2) is 53.3 Å². The molecule has 1 fully saturated rings. The van der Waals surface area contributed by atoms with Gasteiger partial charge in [0.15, 0.2) is 0 Å². The van der Waals surface area contributed by atoms with E-state index in [9.17, 15) is 4.79 Å². The number of hydrogen-bond donors (Lipinski definition) is 1. The van der Waals surface area contributed by atoms with Gasteiger partial charge in [0.05, 0.1) is 24.6 Å². The molecule has 5 heteroatoms. The first-order valence-corrected chi connectivity index (χ1v) is 8.12. The van der Waals surface area contributed by atoms with Crippen molar-refractivity contribution in [2.75, 3.05) is 13.2 Å². The zero-order valence-electron chi connectivity index (χ0n) is 13.2. The van der Waals surface area contributed by atoms with Gasteiger partial charge in [-0.1, -0.05) is 12.1 Å². The van der Waals surface area contributed by atoms with E-state index in [4.69, 9.17) is 9.15 Å². The zero-order valence-corrected chi connectivity index (χ0v) is 13.2. The van der Waals surface area contributed by atoms with Crippen molar-refractivity contribution in [3.63, 3.8) is 0 Å². The maximum atomic E-state index is 12.3. The van der Waals surface area contributed by atoms with E-state index in [1.54, 1.807) is 12.5 Å². The molecule has 2 aromatic heterocycles. The molecule has 1 unspecified atom stereocenters. The quantitative estimate of drug-likeness (QED) is 0.802. The van der Waals surface area contributed by atoms with E-state index in [1.807, 2.05) is 36.4 Å². The Hall–Kier alpha value is -2.66. The Bertz CT molecular complexity index is 848. The number of ether oxygens (including phenoxy) is 1. The van der Waals surface area contributed by atoms with Crippen molar-refractivity contribution < 1.29 is 13.9 Å². The Labute approximate surface area is 139 Å². The van der Waals surface area contributed by atoms with E-state index in [0.29, 0.717) is 12.2 Å². The van der Waals surface area contributed by atoms with Crippen molar-refractivity contribution in [1.29, 1.82) is 0 Å². The molecular weight excluding hydrogens is 304 g/mol. The summed E-state index contributed by atoms with van der Waals surface area (Å²) >= 11 is 0. The van der Waals surface area contributed by atoms with Gasteiger partial charge >= 0.3 is 0 Å². The zero-order chi connectivity index (χ0) is 16.4. The monoisotopic (exact) mass is 322 g/mol. The predicted molar refractivity (Wildman–Crippen MR) is 90.8 cm³/mol. The van der Waals surface area contributed by atoms with Crippen LogP contribution in [0.3, 0.4) is 0 Å². The minimum atomic E-state index is -0.0634. The first-order chi connectivity index (χ1) is 11.8. The SMILES string of the molecule is O=C(NC1CCCOC1)c1ccc(-c2nccc3occc23)cc1. The fraction of sp³-hybridized carbons (Fsp3) is 0.263. The fourth-order valence-corrected chi connectivity index (χ4v) is 3.03. The van der Waals surface area contributed by atoms with Crippen LogP contribution in [0.25, 0.3) is 22.2 Å². The number of carbonyl (C=O) groups is 1. The van der Waals surface area contributed by atoms with Crippen LogP contribution >= 0.6 is 0 Å². The van der Waals surface area contributed by atoms with E-state index in [0.717, 1.165) is 41.7 Å². The molecule has 1 N–H and O–H groups in total. The Morgan fingerprint density at radius 2 is 2.04 bits per heavy atom. The lowest BCUT2D eigenvalue weighted by molar-refractivity contribution is 0.0624. The maximum absolute atomic E-state index is 12.3. The molecule has 4 rings (SSSR count). The molecule has 1 aliphatic rings. The van der Waals surface area contributed by atoms with Gasteiger partial charge < -0.3 is 14.5 Å². The highest BCUT2D eigenvalue weighted by molar-refractivity contribution is 5.96. The number of aromatic nitrogens is 1. The number of nitrogens with one attached hydrogen (secondary N) is 1. The Morgan fingerprint density at radius 1 is 1.17 bits per heavy atom. The van der Waals surface area contributed by atoms with Crippen molar-refractivity contribution in [3.05, 3.63) is 54.4 Å². The molecule has 0 aliphatic carbocycles. The van der Waals surface area contributed by atoms with E-state index in [1.165, 1.54) is 0 Å². The smallest absolute Gasteiger partial charge is 0.251 e. The molecule has 3 aromatic rings. The number of hydrogen-bond acceptors (Lipinski definition) is 4. The molecule has 1 atom stereocenters. The molecule has 5 nitrogen and oxygen atoms in total. The van der Waals surface area contributed by atoms with Crippen molar-refractivity contribution in [2.24, 2.45) is 0 Å². The molecule has 0 bridgehead atoms. The summed E-state index contributed by atoms with van der Waals surface area (Å²) in [6.07, 6.45) is 5.34. The second-order valence-corrected chi connectivity index (χ2v) is 5.96. The number of nitrogens with zero attached hydrogens (tertiary/aromatic N) is 1. The number of rotatable bonds is 3. The Morgan fingerprint density at radius 3 is 2.83 bits per heavy atom. The molecule has 1 aliphatic heterocycles. The van der Waals surface area contributed by atoms with Gasteiger partial charge in [-0.2, -0.15) is 0 Å². The van der Waals surface area contributed by atoms with Crippen LogP contribution in [0.5, 0.6) is 0 Å². The average Bonchev–Trinajstić information content (AvgIpc) is 3.11. The highest BCUT2D eigenvalue weighted by Gasteiger charge is 2.17. The van der Waals surface area contributed by atoms with Gasteiger partial charge in [-0.25, -0.2) is 0 Å². The summed E-state index contributed by atoms with van der Waals surface area (Å²) in [4.78, 5) is 16.8. The maximum Gasteiger partial charge on any atom is 0.251 e. The number of benzene rings is 1. The summed E-state index contributed by atoms with van der Waals surface area (Å²) in [5.74, 6) is -0.0634. The second kappa shape index (κ2) is 6.45. The average molecular weight is 322 g/mol. The number of fused-ring (bicyclic) bond motifs is 1. The van der Waals surface area contributed by atoms with Crippen LogP contribution in [0.2, 0.25) is 0 Å². The minimum absolute atomic E-state index is 0.0634. The van der Waals surface area contributed by atoms with Crippen LogP contribution in [-0.4, -0.2) is 30.1 Å². The van der Waals surface area contributed by atoms with Crippen molar-refractivity contribution >= 4 is 16.9 Å². The summed E-state index contributed by atoms with van der Waals surface area (Å²) in [5.41, 5.74) is 3.26. The van der Waals surface area contributed by atoms with E-state index in [-0.39, 0.29) is 11.9 Å². The van der Waals surface area contributed by atoms with E-state index in [2.05, 4.69) is 10.3 Å². The third kappa shape index (κ3) is 2.90. The molecular formula is C19H18N2O3. The standard InChI is InChI=1S/C19H18N2O3/c22-19(21-15-2-1-10-23-12-15)14-5-3-13(4-6-14)18-16-8-11-24-17(16)7-9-20-18/h3-9,11,15H,1-2,10,12H2,(H,21,22). The molecule has 1 aromatic carbocycles. The lowest BCUT2D eigenvalue weighted by atomic mass is 10.0. The van der Waals surface area contributed by atoms with Gasteiger partial charge in [0, 0.05) is 29.3 Å². The van der Waals surface area contributed by atoms with E-state index >= 15 is 0 Å². The number of furan rings is 1. The summed E-state index contributed by atoms with van der Waals surface area (Å²) in [5, 5.41) is 3.99. The van der Waals surface area contributed by atoms with Crippen LogP contribution in [0, 0.1) is 0 Å². The third-order valence-electron chi connectivity index (χ3n) is 4.30. The van der Waals surface area contributed by atoms with Gasteiger partial charge in [-0.3, -0.25) is 9.78 Å². The molecule has 0 saturated carbocycles. The van der Waals surface area contributed by atoms with Crippen LogP contribution in [0.4, 0.5) is 0 Å². The lowest BCUT2D eigenvalue weighted by Gasteiger charge is -2.23. The third-order valence-corrected chi connectivity index (χ3v) is 4.30. The Balaban J connectivity index is 1.54. The van der Waals surface area contributed by atoms with Crippen molar-refractivity contribution in [1.82, 2.24) is 10.3 Å². The van der Waals surface area contributed by atoms with Gasteiger partial charge in [0.25, 0.3) is 5.91 Å². The highest BCUT2D eigenvalue weighted by atomic mass is 16.5. The van der Waals surface area contributed by atoms with Gasteiger partial charge in [-0.15, -0.1) is 0 Å². The molecule has 0 radical (unpaired) electrons. The molecule has 3 heterocycles. The van der Waals surface area contributed by atoms with Crippen molar-refractivity contribution in [2.45, 2.75) is 18.9 Å². The molecule has 1 saturated heterocycles. The normalized spacial score (nSPS) is 17.8. The van der Waals surface area contributed by atoms with Crippen LogP contribution in [-0.2, 0) is 4.74 Å². The molecule has 24 heavy (non-hydrogen) atoms. The molecule has 122 valence electrons. The number of amides is 1. The molecule has 0 spiro atoms. The van der Waals surface area contributed by atoms with Gasteiger partial charge in [0.2, 0.25) is 0 Å². The largest absolute Gasteiger partial charge is 0.464 e. The van der Waals surface area contributed by atoms with Crippen LogP contribution < -0.4 is 5.32 Å². The first kappa shape index (κ1) is 14.9. The number of pyridine rings is 1. The fourth-order valence-electron chi connectivity index (χ4n) is 3.03. The Kier molecular flexibility index (Phi) is 4.01. The van der Waals surface area contributed by atoms with Crippen molar-refractivity contribution in [3.8, 4) is 11.3 Å². The molecule has 1 amide bonds. The first-order valence-electron chi connectivity index (χ1n) is 8.12. The second-order valence-electron chi connectivity index (χ2n) is 5.96. The van der Waals surface area contributed by atoms with E-state index < -0.39 is 0 Å². The minimum Gasteiger partial charge on any atom is -0.464 e. The topological polar surface area (TPSA) is 64.4 Å². The lowest BCUT2D eigenvalue weighted by Crippen LogP contribution is -2.40. The van der Waals surface area contributed by atoms with Gasteiger partial charge in [0.1, 0.15) is 5.58 Å². The van der Waals surface area contributed by atoms with Gasteiger partial charge in [-0.05, 0) is 37.1 Å². The number of carbonyl (C=O) groups excluding carboxylic acids is 1. The summed E-state index contributed by atoms with van der Waals surface area (Å²) in [6, 6.07) is 11.3. The summed E-state index contributed by atoms with van der Waals surface area (Å²) in [7, 11) is 0. The summed E-state index contributed by atoms with van der Waals surface area (Å²) < 4.78 is 10.8.